The van der Waals surface area contributed by atoms with Crippen LogP contribution in [0.4, 0.5) is 10.1 Å². The molecule has 5 heteroatoms. The minimum atomic E-state index is -0.533. The fourth-order valence-electron chi connectivity index (χ4n) is 2.32. The van der Waals surface area contributed by atoms with Crippen LogP contribution in [0.25, 0.3) is 0 Å². The Morgan fingerprint density at radius 2 is 2.00 bits per heavy atom. The molecule has 0 unspecified atom stereocenters. The second-order valence-electron chi connectivity index (χ2n) is 5.28. The minimum absolute atomic E-state index is 0.122. The Bertz CT molecular complexity index is 766. The average molecular weight is 312 g/mol. The summed E-state index contributed by atoms with van der Waals surface area (Å²) in [6.45, 7) is 3.68. The Morgan fingerprint density at radius 3 is 2.57 bits per heavy atom. The predicted octanol–water partition coefficient (Wildman–Crippen LogP) is 3.76. The van der Waals surface area contributed by atoms with Gasteiger partial charge in [-0.15, -0.1) is 0 Å². The lowest BCUT2D eigenvalue weighted by atomic mass is 10.1. The fraction of sp³-hybridized carbons (Fsp3) is 0.222. The van der Waals surface area contributed by atoms with Crippen molar-refractivity contribution >= 4 is 11.6 Å². The molecule has 0 aliphatic rings. The number of anilines is 1. The van der Waals surface area contributed by atoms with Crippen molar-refractivity contribution in [2.45, 2.75) is 19.9 Å². The number of hydrogen-bond acceptors (Lipinski definition) is 3. The van der Waals surface area contributed by atoms with Gasteiger partial charge < -0.3 is 9.64 Å². The number of benzene rings is 2. The van der Waals surface area contributed by atoms with Gasteiger partial charge in [-0.2, -0.15) is 5.26 Å². The normalized spacial score (nSPS) is 10.3. The standard InChI is InChI=1S/C18H17FN2O2/c1-12(2)21(15-7-8-17(23-3)16(19)10-15)18(22)14-6-4-5-13(9-14)11-20/h4-10,12H,1-3H3. The van der Waals surface area contributed by atoms with Crippen molar-refractivity contribution in [2.75, 3.05) is 12.0 Å². The zero-order valence-corrected chi connectivity index (χ0v) is 13.2. The van der Waals surface area contributed by atoms with Gasteiger partial charge in [0.15, 0.2) is 11.6 Å². The number of carbonyl (C=O) groups is 1. The van der Waals surface area contributed by atoms with Gasteiger partial charge in [-0.3, -0.25) is 4.79 Å². The summed E-state index contributed by atoms with van der Waals surface area (Å²) in [5.74, 6) is -0.702. The molecular weight excluding hydrogens is 295 g/mol. The van der Waals surface area contributed by atoms with Crippen molar-refractivity contribution in [2.24, 2.45) is 0 Å². The highest BCUT2D eigenvalue weighted by molar-refractivity contribution is 6.06. The van der Waals surface area contributed by atoms with Gasteiger partial charge in [0.1, 0.15) is 0 Å². The van der Waals surface area contributed by atoms with Gasteiger partial charge in [-0.1, -0.05) is 6.07 Å². The Kier molecular flexibility index (Phi) is 4.97. The first-order valence-corrected chi connectivity index (χ1v) is 7.15. The second-order valence-corrected chi connectivity index (χ2v) is 5.28. The van der Waals surface area contributed by atoms with E-state index in [9.17, 15) is 9.18 Å². The van der Waals surface area contributed by atoms with Crippen LogP contribution >= 0.6 is 0 Å². The molecule has 0 radical (unpaired) electrons. The Hall–Kier alpha value is -2.87. The van der Waals surface area contributed by atoms with Gasteiger partial charge >= 0.3 is 0 Å². The maximum Gasteiger partial charge on any atom is 0.258 e. The molecule has 0 N–H and O–H groups in total. The van der Waals surface area contributed by atoms with Crippen molar-refractivity contribution < 1.29 is 13.9 Å². The number of amides is 1. The first-order chi connectivity index (χ1) is 11.0. The summed E-state index contributed by atoms with van der Waals surface area (Å²) in [4.78, 5) is 14.3. The molecule has 0 bridgehead atoms. The molecule has 0 saturated carbocycles. The molecule has 2 rings (SSSR count). The van der Waals surface area contributed by atoms with Crippen LogP contribution in [0.3, 0.4) is 0 Å². The number of ether oxygens (including phenoxy) is 1. The molecule has 0 aliphatic carbocycles. The maximum atomic E-state index is 14.0. The van der Waals surface area contributed by atoms with Crippen LogP contribution in [-0.2, 0) is 0 Å². The van der Waals surface area contributed by atoms with E-state index in [1.54, 1.807) is 24.3 Å². The van der Waals surface area contributed by atoms with Crippen LogP contribution in [0.5, 0.6) is 5.75 Å². The van der Waals surface area contributed by atoms with Crippen molar-refractivity contribution in [1.82, 2.24) is 0 Å². The number of nitrogens with zero attached hydrogens (tertiary/aromatic N) is 2. The van der Waals surface area contributed by atoms with E-state index in [2.05, 4.69) is 0 Å². The first-order valence-electron chi connectivity index (χ1n) is 7.15. The molecule has 0 atom stereocenters. The molecule has 1 amide bonds. The number of nitriles is 1. The van der Waals surface area contributed by atoms with E-state index in [1.807, 2.05) is 19.9 Å². The Morgan fingerprint density at radius 1 is 1.26 bits per heavy atom. The van der Waals surface area contributed by atoms with E-state index in [0.29, 0.717) is 16.8 Å². The number of hydrogen-bond donors (Lipinski definition) is 0. The van der Waals surface area contributed by atoms with Crippen LogP contribution in [0.2, 0.25) is 0 Å². The van der Waals surface area contributed by atoms with Gasteiger partial charge in [0.2, 0.25) is 0 Å². The third-order valence-corrected chi connectivity index (χ3v) is 3.39. The summed E-state index contributed by atoms with van der Waals surface area (Å²) in [7, 11) is 1.39. The van der Waals surface area contributed by atoms with Crippen molar-refractivity contribution in [3.63, 3.8) is 0 Å². The van der Waals surface area contributed by atoms with Crippen LogP contribution in [0.15, 0.2) is 42.5 Å². The largest absolute Gasteiger partial charge is 0.494 e. The van der Waals surface area contributed by atoms with Gasteiger partial charge in [-0.05, 0) is 44.2 Å². The second kappa shape index (κ2) is 6.93. The zero-order chi connectivity index (χ0) is 17.0. The fourth-order valence-corrected chi connectivity index (χ4v) is 2.32. The number of methoxy groups -OCH3 is 1. The van der Waals surface area contributed by atoms with Gasteiger partial charge in [0, 0.05) is 23.4 Å². The van der Waals surface area contributed by atoms with E-state index < -0.39 is 5.82 Å². The third-order valence-electron chi connectivity index (χ3n) is 3.39. The first kappa shape index (κ1) is 16.5. The molecule has 2 aromatic carbocycles. The smallest absolute Gasteiger partial charge is 0.258 e. The zero-order valence-electron chi connectivity index (χ0n) is 13.2. The van der Waals surface area contributed by atoms with E-state index >= 15 is 0 Å². The molecule has 0 fully saturated rings. The highest BCUT2D eigenvalue weighted by Crippen LogP contribution is 2.26. The molecule has 2 aromatic rings. The van der Waals surface area contributed by atoms with E-state index in [-0.39, 0.29) is 17.7 Å². The molecule has 0 saturated heterocycles. The van der Waals surface area contributed by atoms with Gasteiger partial charge in [-0.25, -0.2) is 4.39 Å². The number of carbonyl (C=O) groups excluding carboxylic acids is 1. The van der Waals surface area contributed by atoms with E-state index in [0.717, 1.165) is 0 Å². The lowest BCUT2D eigenvalue weighted by Gasteiger charge is -2.27. The van der Waals surface area contributed by atoms with Crippen LogP contribution < -0.4 is 9.64 Å². The molecule has 4 nitrogen and oxygen atoms in total. The van der Waals surface area contributed by atoms with Crippen LogP contribution in [0.1, 0.15) is 29.8 Å². The summed E-state index contributed by atoms with van der Waals surface area (Å²) in [5.41, 5.74) is 1.22. The molecule has 0 aromatic heterocycles. The monoisotopic (exact) mass is 312 g/mol. The Balaban J connectivity index is 2.44. The topological polar surface area (TPSA) is 53.3 Å². The minimum Gasteiger partial charge on any atom is -0.494 e. The summed E-state index contributed by atoms with van der Waals surface area (Å²) < 4.78 is 18.9. The maximum absolute atomic E-state index is 14.0. The highest BCUT2D eigenvalue weighted by Gasteiger charge is 2.22. The van der Waals surface area contributed by atoms with E-state index in [4.69, 9.17) is 10.00 Å². The average Bonchev–Trinajstić information content (AvgIpc) is 2.55. The lowest BCUT2D eigenvalue weighted by molar-refractivity contribution is 0.0980. The molecule has 118 valence electrons. The molecule has 0 heterocycles. The van der Waals surface area contributed by atoms with Crippen molar-refractivity contribution in [1.29, 1.82) is 5.26 Å². The van der Waals surface area contributed by atoms with Crippen LogP contribution in [0, 0.1) is 17.1 Å². The summed E-state index contributed by atoms with van der Waals surface area (Å²) in [5, 5.41) is 8.96. The molecular formula is C18H17FN2O2. The SMILES string of the molecule is COc1ccc(N(C(=O)c2cccc(C#N)c2)C(C)C)cc1F. The van der Waals surface area contributed by atoms with Gasteiger partial charge in [0.25, 0.3) is 5.91 Å². The summed E-state index contributed by atoms with van der Waals surface area (Å²) in [6, 6.07) is 12.7. The van der Waals surface area contributed by atoms with Crippen molar-refractivity contribution in [3.05, 3.63) is 59.4 Å². The quantitative estimate of drug-likeness (QED) is 0.863. The number of halogens is 1. The highest BCUT2D eigenvalue weighted by atomic mass is 19.1. The molecule has 0 spiro atoms. The van der Waals surface area contributed by atoms with Gasteiger partial charge in [0.05, 0.1) is 18.7 Å². The van der Waals surface area contributed by atoms with Crippen LogP contribution in [-0.4, -0.2) is 19.1 Å². The third kappa shape index (κ3) is 3.49. The Labute approximate surface area is 134 Å². The summed E-state index contributed by atoms with van der Waals surface area (Å²) in [6.07, 6.45) is 0. The molecule has 0 aliphatic heterocycles. The van der Waals surface area contributed by atoms with Crippen molar-refractivity contribution in [3.8, 4) is 11.8 Å². The molecule has 23 heavy (non-hydrogen) atoms. The summed E-state index contributed by atoms with van der Waals surface area (Å²) >= 11 is 0. The van der Waals surface area contributed by atoms with E-state index in [1.165, 1.54) is 30.2 Å². The number of rotatable bonds is 4. The lowest BCUT2D eigenvalue weighted by Crippen LogP contribution is -2.37. The predicted molar refractivity (Wildman–Crippen MR) is 86.1 cm³/mol.